The topological polar surface area (TPSA) is 105 Å². The monoisotopic (exact) mass is 303 g/mol. The lowest BCUT2D eigenvalue weighted by atomic mass is 10.1. The van der Waals surface area contributed by atoms with Crippen LogP contribution in [-0.2, 0) is 25.5 Å². The molecule has 0 atom stereocenters. The van der Waals surface area contributed by atoms with Crippen molar-refractivity contribution < 1.29 is 26.9 Å². The number of hydrogen-bond donors (Lipinski definition) is 1. The molecular formula is C12H17NO6S. The maximum Gasteiger partial charge on any atom is 0.326 e. The van der Waals surface area contributed by atoms with E-state index in [9.17, 15) is 13.2 Å². The molecule has 0 unspecified atom stereocenters. The summed E-state index contributed by atoms with van der Waals surface area (Å²) >= 11 is 0. The van der Waals surface area contributed by atoms with Crippen LogP contribution in [-0.4, -0.2) is 34.4 Å². The van der Waals surface area contributed by atoms with E-state index in [1.807, 2.05) is 0 Å². The second-order valence-electron chi connectivity index (χ2n) is 3.88. The molecule has 0 aromatic heterocycles. The minimum Gasteiger partial charge on any atom is -0.496 e. The number of methoxy groups -OCH3 is 2. The number of carbonyl (C=O) groups excluding carboxylic acids is 1. The van der Waals surface area contributed by atoms with E-state index in [4.69, 9.17) is 15.2 Å². The summed E-state index contributed by atoms with van der Waals surface area (Å²) in [6.45, 7) is 1.38. The second-order valence-corrected chi connectivity index (χ2v) is 5.74. The van der Waals surface area contributed by atoms with Crippen LogP contribution in [0.4, 0.5) is 5.69 Å². The molecule has 0 saturated carbocycles. The van der Waals surface area contributed by atoms with Gasteiger partial charge in [0.15, 0.2) is 0 Å². The lowest BCUT2D eigenvalue weighted by Crippen LogP contribution is -2.17. The fraction of sp³-hybridized carbons (Fsp3) is 0.417. The molecule has 0 bridgehead atoms. The molecule has 0 spiro atoms. The molecule has 0 aliphatic carbocycles. The Labute approximate surface area is 117 Å². The molecule has 0 aliphatic heterocycles. The molecule has 0 fully saturated rings. The van der Waals surface area contributed by atoms with Gasteiger partial charge in [0.2, 0.25) is 0 Å². The number of nitrogens with two attached hydrogens (primary N) is 1. The summed E-state index contributed by atoms with van der Waals surface area (Å²) in [5, 5.41) is 0. The van der Waals surface area contributed by atoms with E-state index < -0.39 is 16.1 Å². The van der Waals surface area contributed by atoms with Crippen molar-refractivity contribution in [3.05, 3.63) is 17.7 Å². The minimum atomic E-state index is -3.83. The Bertz CT molecular complexity index is 596. The number of nitrogen functional groups attached to an aromatic ring is 1. The fourth-order valence-corrected chi connectivity index (χ4v) is 1.97. The Kier molecular flexibility index (Phi) is 5.20. The molecule has 2 N–H and O–H groups in total. The van der Waals surface area contributed by atoms with Crippen LogP contribution in [0.3, 0.4) is 0 Å². The zero-order chi connectivity index (χ0) is 15.3. The Morgan fingerprint density at radius 1 is 1.20 bits per heavy atom. The van der Waals surface area contributed by atoms with E-state index in [1.165, 1.54) is 33.3 Å². The van der Waals surface area contributed by atoms with E-state index in [0.717, 1.165) is 0 Å². The number of hydrogen-bond acceptors (Lipinski definition) is 7. The average Bonchev–Trinajstić information content (AvgIpc) is 2.39. The molecule has 1 rings (SSSR count). The van der Waals surface area contributed by atoms with Gasteiger partial charge in [0.05, 0.1) is 32.1 Å². The lowest BCUT2D eigenvalue weighted by molar-refractivity contribution is -0.133. The van der Waals surface area contributed by atoms with E-state index >= 15 is 0 Å². The van der Waals surface area contributed by atoms with Crippen LogP contribution in [0.2, 0.25) is 0 Å². The van der Waals surface area contributed by atoms with Gasteiger partial charge in [-0.25, -0.2) is 0 Å². The molecular weight excluding hydrogens is 286 g/mol. The van der Waals surface area contributed by atoms with Crippen molar-refractivity contribution in [2.24, 2.45) is 0 Å². The van der Waals surface area contributed by atoms with Gasteiger partial charge in [-0.05, 0) is 13.0 Å². The standard InChI is InChI=1S/C12H17NO6S/c1-4-20(15,16)19-12(14)6-8-5-11(18-3)9(13)7-10(8)17-2/h5,7H,4,6,13H2,1-3H3. The van der Waals surface area contributed by atoms with E-state index in [1.54, 1.807) is 0 Å². The SMILES string of the molecule is CCS(=O)(=O)OC(=O)Cc1cc(OC)c(N)cc1OC. The van der Waals surface area contributed by atoms with Crippen LogP contribution in [0, 0.1) is 0 Å². The number of carbonyl (C=O) groups is 1. The summed E-state index contributed by atoms with van der Waals surface area (Å²) in [6.07, 6.45) is -0.265. The summed E-state index contributed by atoms with van der Waals surface area (Å²) in [5.41, 5.74) is 6.49. The van der Waals surface area contributed by atoms with Crippen LogP contribution >= 0.6 is 0 Å². The highest BCUT2D eigenvalue weighted by Gasteiger charge is 2.18. The molecule has 0 aliphatic rings. The van der Waals surface area contributed by atoms with Crippen molar-refractivity contribution >= 4 is 21.8 Å². The summed E-state index contributed by atoms with van der Waals surface area (Å²) in [5.74, 6) is -0.445. The minimum absolute atomic E-state index is 0.265. The van der Waals surface area contributed by atoms with Gasteiger partial charge in [0, 0.05) is 11.6 Å². The third kappa shape index (κ3) is 4.02. The molecule has 0 heterocycles. The summed E-state index contributed by atoms with van der Waals surface area (Å²) in [4.78, 5) is 11.6. The Hall–Kier alpha value is -1.96. The first-order chi connectivity index (χ1) is 9.32. The van der Waals surface area contributed by atoms with Gasteiger partial charge in [-0.2, -0.15) is 8.42 Å². The lowest BCUT2D eigenvalue weighted by Gasteiger charge is -2.12. The zero-order valence-electron chi connectivity index (χ0n) is 11.5. The molecule has 8 heteroatoms. The average molecular weight is 303 g/mol. The molecule has 20 heavy (non-hydrogen) atoms. The van der Waals surface area contributed by atoms with Crippen LogP contribution in [0.25, 0.3) is 0 Å². The summed E-state index contributed by atoms with van der Waals surface area (Å²) < 4.78 is 37.0. The fourth-order valence-electron chi connectivity index (χ4n) is 1.51. The number of benzene rings is 1. The van der Waals surface area contributed by atoms with Crippen LogP contribution in [0.15, 0.2) is 12.1 Å². The largest absolute Gasteiger partial charge is 0.496 e. The van der Waals surface area contributed by atoms with Crippen molar-refractivity contribution in [3.63, 3.8) is 0 Å². The highest BCUT2D eigenvalue weighted by molar-refractivity contribution is 7.87. The van der Waals surface area contributed by atoms with Crippen molar-refractivity contribution in [3.8, 4) is 11.5 Å². The first-order valence-electron chi connectivity index (χ1n) is 5.78. The van der Waals surface area contributed by atoms with Gasteiger partial charge in [0.1, 0.15) is 11.5 Å². The Morgan fingerprint density at radius 2 is 1.80 bits per heavy atom. The maximum absolute atomic E-state index is 11.6. The molecule has 0 radical (unpaired) electrons. The van der Waals surface area contributed by atoms with Gasteiger partial charge >= 0.3 is 16.1 Å². The quantitative estimate of drug-likeness (QED) is 0.609. The third-order valence-corrected chi connectivity index (χ3v) is 3.69. The predicted octanol–water partition coefficient (Wildman–Crippen LogP) is 0.721. The zero-order valence-corrected chi connectivity index (χ0v) is 12.3. The van der Waals surface area contributed by atoms with Gasteiger partial charge in [-0.1, -0.05) is 0 Å². The van der Waals surface area contributed by atoms with Gasteiger partial charge in [0.25, 0.3) is 0 Å². The van der Waals surface area contributed by atoms with Crippen LogP contribution in [0.1, 0.15) is 12.5 Å². The molecule has 1 aromatic carbocycles. The summed E-state index contributed by atoms with van der Waals surface area (Å²) in [7, 11) is -0.981. The van der Waals surface area contributed by atoms with Crippen LogP contribution in [0.5, 0.6) is 11.5 Å². The Morgan fingerprint density at radius 3 is 2.30 bits per heavy atom. The molecule has 1 aromatic rings. The maximum atomic E-state index is 11.6. The second kappa shape index (κ2) is 6.47. The predicted molar refractivity (Wildman–Crippen MR) is 73.2 cm³/mol. The van der Waals surface area contributed by atoms with Gasteiger partial charge in [-0.3, -0.25) is 4.79 Å². The van der Waals surface area contributed by atoms with Crippen LogP contribution < -0.4 is 15.2 Å². The highest BCUT2D eigenvalue weighted by atomic mass is 32.2. The molecule has 0 amide bonds. The smallest absolute Gasteiger partial charge is 0.326 e. The van der Waals surface area contributed by atoms with Crippen molar-refractivity contribution in [1.29, 1.82) is 0 Å². The van der Waals surface area contributed by atoms with Crippen molar-refractivity contribution in [2.75, 3.05) is 25.7 Å². The highest BCUT2D eigenvalue weighted by Crippen LogP contribution is 2.31. The van der Waals surface area contributed by atoms with Gasteiger partial charge in [-0.15, -0.1) is 0 Å². The third-order valence-electron chi connectivity index (χ3n) is 2.54. The number of ether oxygens (including phenoxy) is 2. The summed E-state index contributed by atoms with van der Waals surface area (Å²) in [6, 6.07) is 3.00. The van der Waals surface area contributed by atoms with Gasteiger partial charge < -0.3 is 19.4 Å². The number of rotatable bonds is 6. The number of anilines is 1. The van der Waals surface area contributed by atoms with Crippen molar-refractivity contribution in [2.45, 2.75) is 13.3 Å². The Balaban J connectivity index is 2.99. The first-order valence-corrected chi connectivity index (χ1v) is 7.36. The molecule has 0 saturated heterocycles. The normalized spacial score (nSPS) is 10.9. The van der Waals surface area contributed by atoms with E-state index in [0.29, 0.717) is 22.7 Å². The van der Waals surface area contributed by atoms with Crippen molar-refractivity contribution in [1.82, 2.24) is 0 Å². The molecule has 112 valence electrons. The first kappa shape index (κ1) is 16.1. The van der Waals surface area contributed by atoms with E-state index in [-0.39, 0.29) is 12.2 Å². The van der Waals surface area contributed by atoms with E-state index in [2.05, 4.69) is 4.18 Å². The molecule has 7 nitrogen and oxygen atoms in total.